The lowest BCUT2D eigenvalue weighted by molar-refractivity contribution is -0.114. The minimum atomic E-state index is -0.00509. The van der Waals surface area contributed by atoms with E-state index in [1.54, 1.807) is 11.3 Å². The van der Waals surface area contributed by atoms with Gasteiger partial charge in [-0.05, 0) is 18.6 Å². The Balaban J connectivity index is 2.65. The van der Waals surface area contributed by atoms with Gasteiger partial charge in [0.2, 0.25) is 5.91 Å². The van der Waals surface area contributed by atoms with E-state index in [0.717, 1.165) is 11.4 Å². The average molecular weight is 169 g/mol. The molecule has 60 valence electrons. The molecule has 0 unspecified atom stereocenters. The van der Waals surface area contributed by atoms with Crippen molar-refractivity contribution in [2.75, 3.05) is 5.32 Å². The van der Waals surface area contributed by atoms with Crippen molar-refractivity contribution in [2.45, 2.75) is 20.3 Å². The summed E-state index contributed by atoms with van der Waals surface area (Å²) in [6, 6.07) is 3.97. The van der Waals surface area contributed by atoms with Crippen LogP contribution in [0.4, 0.5) is 5.00 Å². The van der Waals surface area contributed by atoms with Gasteiger partial charge in [-0.3, -0.25) is 4.79 Å². The molecule has 1 rings (SSSR count). The molecule has 3 heteroatoms. The molecular weight excluding hydrogens is 158 g/mol. The Bertz CT molecular complexity index is 254. The Morgan fingerprint density at radius 2 is 2.36 bits per heavy atom. The molecule has 0 bridgehead atoms. The van der Waals surface area contributed by atoms with Crippen LogP contribution >= 0.6 is 11.3 Å². The lowest BCUT2D eigenvalue weighted by Crippen LogP contribution is -2.03. The first-order valence-electron chi connectivity index (χ1n) is 3.58. The minimum absolute atomic E-state index is 0.00509. The first kappa shape index (κ1) is 8.27. The van der Waals surface area contributed by atoms with E-state index in [4.69, 9.17) is 0 Å². The summed E-state index contributed by atoms with van der Waals surface area (Å²) in [6.07, 6.45) is 1.03. The number of thiophene rings is 1. The molecule has 1 N–H and O–H groups in total. The summed E-state index contributed by atoms with van der Waals surface area (Å²) < 4.78 is 0. The summed E-state index contributed by atoms with van der Waals surface area (Å²) in [4.78, 5) is 11.9. The third-order valence-electron chi connectivity index (χ3n) is 1.31. The maximum Gasteiger partial charge on any atom is 0.221 e. The lowest BCUT2D eigenvalue weighted by Gasteiger charge is -1.93. The van der Waals surface area contributed by atoms with E-state index < -0.39 is 0 Å². The van der Waals surface area contributed by atoms with Gasteiger partial charge in [-0.2, -0.15) is 0 Å². The van der Waals surface area contributed by atoms with E-state index in [1.807, 2.05) is 12.1 Å². The summed E-state index contributed by atoms with van der Waals surface area (Å²) in [5.41, 5.74) is 0. The van der Waals surface area contributed by atoms with Gasteiger partial charge in [0.25, 0.3) is 0 Å². The summed E-state index contributed by atoms with van der Waals surface area (Å²) in [5.74, 6) is -0.00509. The third-order valence-corrected chi connectivity index (χ3v) is 2.45. The van der Waals surface area contributed by atoms with E-state index >= 15 is 0 Å². The quantitative estimate of drug-likeness (QED) is 0.723. The Labute approximate surface area is 70.2 Å². The van der Waals surface area contributed by atoms with Crippen LogP contribution < -0.4 is 5.32 Å². The summed E-state index contributed by atoms with van der Waals surface area (Å²) in [6.45, 7) is 3.62. The molecule has 0 saturated carbocycles. The normalized spacial score (nSPS) is 9.64. The lowest BCUT2D eigenvalue weighted by atomic mass is 10.4. The van der Waals surface area contributed by atoms with E-state index in [2.05, 4.69) is 12.2 Å². The Hall–Kier alpha value is -0.830. The highest BCUT2D eigenvalue weighted by atomic mass is 32.1. The van der Waals surface area contributed by atoms with Gasteiger partial charge in [0.05, 0.1) is 5.00 Å². The van der Waals surface area contributed by atoms with Gasteiger partial charge in [0.1, 0.15) is 0 Å². The first-order chi connectivity index (χ1) is 5.22. The van der Waals surface area contributed by atoms with Gasteiger partial charge in [-0.25, -0.2) is 0 Å². The Kier molecular flexibility index (Phi) is 2.65. The van der Waals surface area contributed by atoms with Crippen LogP contribution in [0, 0.1) is 0 Å². The average Bonchev–Trinajstić information content (AvgIpc) is 2.34. The predicted molar refractivity (Wildman–Crippen MR) is 48.0 cm³/mol. The van der Waals surface area contributed by atoms with Crippen molar-refractivity contribution < 1.29 is 4.79 Å². The molecule has 0 aliphatic carbocycles. The van der Waals surface area contributed by atoms with Gasteiger partial charge in [0, 0.05) is 11.8 Å². The first-order valence-corrected chi connectivity index (χ1v) is 4.40. The van der Waals surface area contributed by atoms with Crippen molar-refractivity contribution in [3.05, 3.63) is 17.0 Å². The van der Waals surface area contributed by atoms with Crippen LogP contribution in [0.5, 0.6) is 0 Å². The highest BCUT2D eigenvalue weighted by Gasteiger charge is 1.98. The zero-order valence-corrected chi connectivity index (χ0v) is 7.49. The van der Waals surface area contributed by atoms with Crippen molar-refractivity contribution in [3.63, 3.8) is 0 Å². The summed E-state index contributed by atoms with van der Waals surface area (Å²) in [7, 11) is 0. The zero-order chi connectivity index (χ0) is 8.27. The SMILES string of the molecule is CCc1ccc(NC(C)=O)s1. The van der Waals surface area contributed by atoms with Crippen LogP contribution in [-0.4, -0.2) is 5.91 Å². The molecule has 1 heterocycles. The van der Waals surface area contributed by atoms with Gasteiger partial charge in [-0.15, -0.1) is 11.3 Å². The fourth-order valence-corrected chi connectivity index (χ4v) is 1.70. The van der Waals surface area contributed by atoms with Gasteiger partial charge >= 0.3 is 0 Å². The van der Waals surface area contributed by atoms with Crippen molar-refractivity contribution in [2.24, 2.45) is 0 Å². The van der Waals surface area contributed by atoms with Gasteiger partial charge < -0.3 is 5.32 Å². The molecule has 1 amide bonds. The van der Waals surface area contributed by atoms with E-state index in [1.165, 1.54) is 11.8 Å². The number of hydrogen-bond acceptors (Lipinski definition) is 2. The van der Waals surface area contributed by atoms with Crippen molar-refractivity contribution in [1.29, 1.82) is 0 Å². The van der Waals surface area contributed by atoms with E-state index in [0.29, 0.717) is 0 Å². The van der Waals surface area contributed by atoms with Crippen LogP contribution in [-0.2, 0) is 11.2 Å². The number of anilines is 1. The fraction of sp³-hybridized carbons (Fsp3) is 0.375. The van der Waals surface area contributed by atoms with Crippen molar-refractivity contribution >= 4 is 22.2 Å². The summed E-state index contributed by atoms with van der Waals surface area (Å²) >= 11 is 1.63. The Morgan fingerprint density at radius 1 is 1.64 bits per heavy atom. The molecule has 0 aliphatic rings. The number of carbonyl (C=O) groups is 1. The van der Waals surface area contributed by atoms with Crippen LogP contribution in [0.15, 0.2) is 12.1 Å². The molecule has 2 nitrogen and oxygen atoms in total. The molecule has 0 atom stereocenters. The number of aryl methyl sites for hydroxylation is 1. The second kappa shape index (κ2) is 3.53. The predicted octanol–water partition coefficient (Wildman–Crippen LogP) is 2.27. The number of hydrogen-bond donors (Lipinski definition) is 1. The molecule has 1 aromatic rings. The molecule has 0 spiro atoms. The second-order valence-electron chi connectivity index (χ2n) is 2.30. The smallest absolute Gasteiger partial charge is 0.221 e. The molecular formula is C8H11NOS. The molecule has 0 saturated heterocycles. The van der Waals surface area contributed by atoms with Crippen LogP contribution in [0.1, 0.15) is 18.7 Å². The zero-order valence-electron chi connectivity index (χ0n) is 6.68. The molecule has 0 fully saturated rings. The van der Waals surface area contributed by atoms with Crippen molar-refractivity contribution in [3.8, 4) is 0 Å². The molecule has 11 heavy (non-hydrogen) atoms. The summed E-state index contributed by atoms with van der Waals surface area (Å²) in [5, 5.41) is 3.68. The van der Waals surface area contributed by atoms with E-state index in [-0.39, 0.29) is 5.91 Å². The number of rotatable bonds is 2. The van der Waals surface area contributed by atoms with Crippen molar-refractivity contribution in [1.82, 2.24) is 0 Å². The minimum Gasteiger partial charge on any atom is -0.318 e. The fourth-order valence-electron chi connectivity index (χ4n) is 0.809. The molecule has 1 aromatic heterocycles. The molecule has 0 aromatic carbocycles. The number of nitrogens with one attached hydrogen (secondary N) is 1. The maximum atomic E-state index is 10.6. The Morgan fingerprint density at radius 3 is 2.82 bits per heavy atom. The monoisotopic (exact) mass is 169 g/mol. The number of carbonyl (C=O) groups excluding carboxylic acids is 1. The molecule has 0 aliphatic heterocycles. The topological polar surface area (TPSA) is 29.1 Å². The van der Waals surface area contributed by atoms with Gasteiger partial charge in [0.15, 0.2) is 0 Å². The maximum absolute atomic E-state index is 10.6. The highest BCUT2D eigenvalue weighted by molar-refractivity contribution is 7.16. The second-order valence-corrected chi connectivity index (χ2v) is 3.47. The standard InChI is InChI=1S/C8H11NOS/c1-3-7-4-5-8(11-7)9-6(2)10/h4-5H,3H2,1-2H3,(H,9,10). The molecule has 0 radical (unpaired) electrons. The highest BCUT2D eigenvalue weighted by Crippen LogP contribution is 2.21. The van der Waals surface area contributed by atoms with Crippen LogP contribution in [0.3, 0.4) is 0 Å². The van der Waals surface area contributed by atoms with Crippen LogP contribution in [0.2, 0.25) is 0 Å². The number of amides is 1. The largest absolute Gasteiger partial charge is 0.318 e. The van der Waals surface area contributed by atoms with Crippen LogP contribution in [0.25, 0.3) is 0 Å². The van der Waals surface area contributed by atoms with E-state index in [9.17, 15) is 4.79 Å². The third kappa shape index (κ3) is 2.35. The van der Waals surface area contributed by atoms with Gasteiger partial charge in [-0.1, -0.05) is 6.92 Å².